The number of ether oxygens (including phenoxy) is 1. The number of esters is 1. The summed E-state index contributed by atoms with van der Waals surface area (Å²) in [6, 6.07) is 0. The molecule has 0 radical (unpaired) electrons. The molecule has 0 bridgehead atoms. The molecule has 10 heavy (non-hydrogen) atoms. The van der Waals surface area contributed by atoms with Crippen LogP contribution in [0.15, 0.2) is 0 Å². The Balaban J connectivity index is 0. The third-order valence-electron chi connectivity index (χ3n) is 0.732. The summed E-state index contributed by atoms with van der Waals surface area (Å²) in [4.78, 5) is 10.3. The van der Waals surface area contributed by atoms with E-state index >= 15 is 0 Å². The van der Waals surface area contributed by atoms with E-state index in [2.05, 4.69) is 4.74 Å². The highest BCUT2D eigenvalue weighted by Crippen LogP contribution is 1.79. The molecule has 0 unspecified atom stereocenters. The van der Waals surface area contributed by atoms with Crippen molar-refractivity contribution in [2.75, 3.05) is 19.8 Å². The highest BCUT2D eigenvalue weighted by Gasteiger charge is 1.95. The van der Waals surface area contributed by atoms with Crippen LogP contribution in [0.2, 0.25) is 0 Å². The van der Waals surface area contributed by atoms with Gasteiger partial charge in [-0.05, 0) is 0 Å². The Morgan fingerprint density at radius 1 is 1.60 bits per heavy atom. The second-order valence-corrected chi connectivity index (χ2v) is 1.50. The van der Waals surface area contributed by atoms with E-state index in [0.29, 0.717) is 6.42 Å². The summed E-state index contributed by atoms with van der Waals surface area (Å²) in [6.45, 7) is 0.204. The van der Waals surface area contributed by atoms with E-state index in [1.165, 1.54) is 0 Å². The maximum absolute atomic E-state index is 10.3. The fourth-order valence-electron chi connectivity index (χ4n) is 0.309. The molecule has 0 atom stereocenters. The van der Waals surface area contributed by atoms with Crippen molar-refractivity contribution in [3.8, 4) is 0 Å². The molecular weight excluding hydrogens is 158 g/mol. The number of carbonyl (C=O) groups excluding carboxylic acids is 1. The molecule has 0 fully saturated rings. The van der Waals surface area contributed by atoms with Gasteiger partial charge >= 0.3 is 5.97 Å². The highest BCUT2D eigenvalue weighted by molar-refractivity contribution is 5.85. The fraction of sp³-hybridized carbons (Fsp3) is 0.800. The summed E-state index contributed by atoms with van der Waals surface area (Å²) < 4.78 is 4.51. The maximum atomic E-state index is 10.3. The normalized spacial score (nSPS) is 8.20. The summed E-state index contributed by atoms with van der Waals surface area (Å²) in [5.41, 5.74) is 4.92. The van der Waals surface area contributed by atoms with Gasteiger partial charge in [0.15, 0.2) is 0 Å². The Labute approximate surface area is 65.8 Å². The van der Waals surface area contributed by atoms with Gasteiger partial charge in [-0.25, -0.2) is 0 Å². The smallest absolute Gasteiger partial charge is 0.319 e. The lowest BCUT2D eigenvalue weighted by Gasteiger charge is -1.98. The van der Waals surface area contributed by atoms with Crippen molar-refractivity contribution in [2.45, 2.75) is 6.42 Å². The van der Waals surface area contributed by atoms with Crippen molar-refractivity contribution in [2.24, 2.45) is 5.73 Å². The summed E-state index contributed by atoms with van der Waals surface area (Å²) in [6.07, 6.45) is 0.478. The Hall–Kier alpha value is -0.320. The molecule has 5 heteroatoms. The minimum absolute atomic E-state index is 0. The van der Waals surface area contributed by atoms with Crippen LogP contribution in [0.25, 0.3) is 0 Å². The van der Waals surface area contributed by atoms with Crippen LogP contribution in [-0.2, 0) is 9.53 Å². The number of hydrogen-bond donors (Lipinski definition) is 2. The number of halogens is 1. The standard InChI is InChI=1S/C5H11NO3.ClH/c6-4-5(8)9-3-1-2-7;/h7H,1-4,6H2;1H. The molecule has 0 aliphatic heterocycles. The Morgan fingerprint density at radius 2 is 2.20 bits per heavy atom. The minimum Gasteiger partial charge on any atom is -0.465 e. The third-order valence-corrected chi connectivity index (χ3v) is 0.732. The molecule has 0 aliphatic rings. The fourth-order valence-corrected chi connectivity index (χ4v) is 0.309. The molecule has 0 aromatic heterocycles. The summed E-state index contributed by atoms with van der Waals surface area (Å²) in [5, 5.41) is 8.23. The van der Waals surface area contributed by atoms with Gasteiger partial charge in [0, 0.05) is 13.0 Å². The quantitative estimate of drug-likeness (QED) is 0.431. The molecule has 0 amide bonds. The van der Waals surface area contributed by atoms with Gasteiger partial charge in [-0.3, -0.25) is 4.79 Å². The number of carbonyl (C=O) groups is 1. The first-order valence-corrected chi connectivity index (χ1v) is 2.77. The van der Waals surface area contributed by atoms with Crippen LogP contribution in [-0.4, -0.2) is 30.8 Å². The number of aliphatic hydroxyl groups excluding tert-OH is 1. The van der Waals surface area contributed by atoms with Gasteiger partial charge in [-0.15, -0.1) is 12.4 Å². The van der Waals surface area contributed by atoms with E-state index in [9.17, 15) is 4.79 Å². The van der Waals surface area contributed by atoms with Gasteiger partial charge in [0.1, 0.15) is 0 Å². The molecule has 3 N–H and O–H groups in total. The van der Waals surface area contributed by atoms with Crippen LogP contribution < -0.4 is 5.73 Å². The van der Waals surface area contributed by atoms with Gasteiger partial charge in [-0.1, -0.05) is 0 Å². The van der Waals surface area contributed by atoms with Gasteiger partial charge in [0.25, 0.3) is 0 Å². The van der Waals surface area contributed by atoms with E-state index in [1.54, 1.807) is 0 Å². The number of hydrogen-bond acceptors (Lipinski definition) is 4. The lowest BCUT2D eigenvalue weighted by atomic mass is 10.5. The van der Waals surface area contributed by atoms with Crippen molar-refractivity contribution in [3.63, 3.8) is 0 Å². The van der Waals surface area contributed by atoms with E-state index in [-0.39, 0.29) is 32.2 Å². The van der Waals surface area contributed by atoms with Crippen LogP contribution in [0, 0.1) is 0 Å². The monoisotopic (exact) mass is 169 g/mol. The summed E-state index contributed by atoms with van der Waals surface area (Å²) in [5.74, 6) is -0.427. The predicted octanol–water partition coefficient (Wildman–Crippen LogP) is -0.708. The third kappa shape index (κ3) is 7.68. The SMILES string of the molecule is Cl.NCC(=O)OCCCO. The molecule has 0 rings (SSSR count). The lowest BCUT2D eigenvalue weighted by molar-refractivity contribution is -0.142. The zero-order valence-electron chi connectivity index (χ0n) is 5.58. The van der Waals surface area contributed by atoms with E-state index in [4.69, 9.17) is 10.8 Å². The maximum Gasteiger partial charge on any atom is 0.319 e. The molecule has 0 saturated heterocycles. The molecular formula is C5H12ClNO3. The van der Waals surface area contributed by atoms with Gasteiger partial charge in [-0.2, -0.15) is 0 Å². The first-order chi connectivity index (χ1) is 4.31. The molecule has 0 spiro atoms. The first kappa shape index (κ1) is 12.4. The largest absolute Gasteiger partial charge is 0.465 e. The Morgan fingerprint density at radius 3 is 2.60 bits per heavy atom. The van der Waals surface area contributed by atoms with Crippen LogP contribution in [0.1, 0.15) is 6.42 Å². The second kappa shape index (κ2) is 8.68. The van der Waals surface area contributed by atoms with E-state index in [1.807, 2.05) is 0 Å². The van der Waals surface area contributed by atoms with Crippen LogP contribution in [0.4, 0.5) is 0 Å². The number of aliphatic hydroxyl groups is 1. The first-order valence-electron chi connectivity index (χ1n) is 2.77. The van der Waals surface area contributed by atoms with Crippen molar-refractivity contribution in [1.29, 1.82) is 0 Å². The summed E-state index contributed by atoms with van der Waals surface area (Å²) in [7, 11) is 0. The van der Waals surface area contributed by atoms with Crippen molar-refractivity contribution in [3.05, 3.63) is 0 Å². The molecule has 4 nitrogen and oxygen atoms in total. The molecule has 0 aromatic rings. The van der Waals surface area contributed by atoms with Gasteiger partial charge in [0.2, 0.25) is 0 Å². The predicted molar refractivity (Wildman–Crippen MR) is 39.0 cm³/mol. The second-order valence-electron chi connectivity index (χ2n) is 1.50. The lowest BCUT2D eigenvalue weighted by Crippen LogP contribution is -2.17. The molecule has 0 aliphatic carbocycles. The zero-order valence-corrected chi connectivity index (χ0v) is 6.39. The molecule has 0 heterocycles. The Kier molecular flexibility index (Phi) is 10.7. The van der Waals surface area contributed by atoms with Gasteiger partial charge < -0.3 is 15.6 Å². The van der Waals surface area contributed by atoms with E-state index in [0.717, 1.165) is 0 Å². The van der Waals surface area contributed by atoms with Gasteiger partial charge in [0.05, 0.1) is 13.2 Å². The number of nitrogens with two attached hydrogens (primary N) is 1. The molecule has 0 saturated carbocycles. The Bertz CT molecular complexity index is 89.0. The molecule has 62 valence electrons. The average Bonchev–Trinajstić information content (AvgIpc) is 1.89. The van der Waals surface area contributed by atoms with Crippen molar-refractivity contribution < 1.29 is 14.6 Å². The minimum atomic E-state index is -0.427. The van der Waals surface area contributed by atoms with Crippen LogP contribution >= 0.6 is 12.4 Å². The number of rotatable bonds is 4. The molecule has 0 aromatic carbocycles. The zero-order chi connectivity index (χ0) is 7.11. The van der Waals surface area contributed by atoms with Crippen LogP contribution in [0.5, 0.6) is 0 Å². The van der Waals surface area contributed by atoms with Crippen molar-refractivity contribution in [1.82, 2.24) is 0 Å². The van der Waals surface area contributed by atoms with Crippen molar-refractivity contribution >= 4 is 18.4 Å². The summed E-state index contributed by atoms with van der Waals surface area (Å²) >= 11 is 0. The van der Waals surface area contributed by atoms with Crippen LogP contribution in [0.3, 0.4) is 0 Å². The van der Waals surface area contributed by atoms with E-state index < -0.39 is 5.97 Å². The average molecular weight is 170 g/mol. The highest BCUT2D eigenvalue weighted by atomic mass is 35.5. The topological polar surface area (TPSA) is 72.6 Å².